The van der Waals surface area contributed by atoms with E-state index < -0.39 is 6.10 Å². The summed E-state index contributed by atoms with van der Waals surface area (Å²) in [5.74, 6) is -0.230. The molecule has 0 radical (unpaired) electrons. The van der Waals surface area contributed by atoms with Gasteiger partial charge in [0.25, 0.3) is 0 Å². The molecule has 4 nitrogen and oxygen atoms in total. The minimum atomic E-state index is -0.537. The number of aliphatic hydroxyl groups is 1. The van der Waals surface area contributed by atoms with Crippen LogP contribution in [0.25, 0.3) is 0 Å². The number of carbonyl (C=O) groups is 3. The van der Waals surface area contributed by atoms with Gasteiger partial charge in [-0.2, -0.15) is 0 Å². The summed E-state index contributed by atoms with van der Waals surface area (Å²) in [6, 6.07) is 0. The molecule has 4 rings (SSSR count). The Hall–Kier alpha value is -1.55. The van der Waals surface area contributed by atoms with Crippen LogP contribution in [0, 0.1) is 34.0 Å². The number of hydrogen-bond acceptors (Lipinski definition) is 4. The third-order valence-electron chi connectivity index (χ3n) is 8.80. The molecule has 140 valence electrons. The van der Waals surface area contributed by atoms with Gasteiger partial charge in [-0.3, -0.25) is 14.4 Å². The van der Waals surface area contributed by atoms with Crippen molar-refractivity contribution >= 4 is 17.9 Å². The van der Waals surface area contributed by atoms with E-state index in [2.05, 4.69) is 20.8 Å². The van der Waals surface area contributed by atoms with E-state index in [1.54, 1.807) is 12.2 Å². The molecule has 0 aromatic heterocycles. The quantitative estimate of drug-likeness (QED) is 0.610. The molecular weight excluding hydrogens is 328 g/mol. The summed E-state index contributed by atoms with van der Waals surface area (Å²) in [5, 5.41) is 11.2. The summed E-state index contributed by atoms with van der Waals surface area (Å²) >= 11 is 0. The molecule has 0 aliphatic heterocycles. The van der Waals surface area contributed by atoms with E-state index >= 15 is 0 Å². The summed E-state index contributed by atoms with van der Waals surface area (Å²) in [4.78, 5) is 35.3. The molecule has 3 saturated carbocycles. The highest BCUT2D eigenvalue weighted by molar-refractivity contribution is 6.26. The van der Waals surface area contributed by atoms with Gasteiger partial charge in [0, 0.05) is 17.3 Å². The Morgan fingerprint density at radius 1 is 1.23 bits per heavy atom. The fourth-order valence-corrected chi connectivity index (χ4v) is 7.23. The van der Waals surface area contributed by atoms with E-state index in [0.717, 1.165) is 31.3 Å². The van der Waals surface area contributed by atoms with Gasteiger partial charge in [-0.25, -0.2) is 0 Å². The fraction of sp³-hybridized carbons (Fsp3) is 0.682. The predicted molar refractivity (Wildman–Crippen MR) is 97.2 cm³/mol. The fourth-order valence-electron chi connectivity index (χ4n) is 7.23. The molecule has 0 spiro atoms. The van der Waals surface area contributed by atoms with Crippen LogP contribution in [0.5, 0.6) is 0 Å². The summed E-state index contributed by atoms with van der Waals surface area (Å²) in [6.07, 6.45) is 9.31. The second-order valence-corrected chi connectivity index (χ2v) is 9.58. The molecule has 4 aliphatic rings. The van der Waals surface area contributed by atoms with Crippen molar-refractivity contribution in [2.75, 3.05) is 0 Å². The molecular formula is C22H28O4. The van der Waals surface area contributed by atoms with Crippen LogP contribution in [-0.4, -0.2) is 29.1 Å². The van der Waals surface area contributed by atoms with Crippen molar-refractivity contribution < 1.29 is 19.5 Å². The van der Waals surface area contributed by atoms with Gasteiger partial charge in [-0.05, 0) is 61.0 Å². The molecule has 1 N–H and O–H groups in total. The minimum absolute atomic E-state index is 0.0368. The molecule has 0 amide bonds. The maximum atomic E-state index is 12.3. The SMILES string of the molecule is CC12C=CC(=O)C=C1CCC1C2C(O)CC2(C)C(C(=O)C=O)CCC12C. The lowest BCUT2D eigenvalue weighted by Crippen LogP contribution is -2.60. The van der Waals surface area contributed by atoms with Gasteiger partial charge < -0.3 is 5.11 Å². The molecule has 4 aliphatic carbocycles. The Morgan fingerprint density at radius 2 is 1.96 bits per heavy atom. The molecule has 0 aromatic carbocycles. The van der Waals surface area contributed by atoms with E-state index in [0.29, 0.717) is 12.7 Å². The molecule has 26 heavy (non-hydrogen) atoms. The van der Waals surface area contributed by atoms with Crippen molar-refractivity contribution in [2.24, 2.45) is 34.0 Å². The lowest BCUT2D eigenvalue weighted by molar-refractivity contribution is -0.166. The number of hydrogen-bond donors (Lipinski definition) is 1. The Labute approximate surface area is 154 Å². The van der Waals surface area contributed by atoms with Gasteiger partial charge in [-0.15, -0.1) is 0 Å². The zero-order valence-electron chi connectivity index (χ0n) is 15.8. The first kappa shape index (κ1) is 17.8. The van der Waals surface area contributed by atoms with Crippen molar-refractivity contribution in [1.29, 1.82) is 0 Å². The Kier molecular flexibility index (Phi) is 3.76. The summed E-state index contributed by atoms with van der Waals surface area (Å²) < 4.78 is 0. The summed E-state index contributed by atoms with van der Waals surface area (Å²) in [7, 11) is 0. The first-order chi connectivity index (χ1) is 12.2. The van der Waals surface area contributed by atoms with Crippen LogP contribution in [0.15, 0.2) is 23.8 Å². The molecule has 7 atom stereocenters. The third-order valence-corrected chi connectivity index (χ3v) is 8.80. The third kappa shape index (κ3) is 2.02. The predicted octanol–water partition coefficient (Wildman–Crippen LogP) is 3.04. The van der Waals surface area contributed by atoms with Gasteiger partial charge in [0.1, 0.15) is 0 Å². The Morgan fingerprint density at radius 3 is 2.65 bits per heavy atom. The molecule has 0 heterocycles. The van der Waals surface area contributed by atoms with Crippen molar-refractivity contribution in [2.45, 2.75) is 59.0 Å². The first-order valence-electron chi connectivity index (χ1n) is 9.79. The molecule has 4 heteroatoms. The molecule has 3 fully saturated rings. The van der Waals surface area contributed by atoms with Crippen LogP contribution < -0.4 is 0 Å². The molecule has 0 bridgehead atoms. The van der Waals surface area contributed by atoms with E-state index in [4.69, 9.17) is 0 Å². The number of carbonyl (C=O) groups excluding carboxylic acids is 3. The maximum absolute atomic E-state index is 12.3. The topological polar surface area (TPSA) is 71.4 Å². The van der Waals surface area contributed by atoms with E-state index in [9.17, 15) is 19.5 Å². The van der Waals surface area contributed by atoms with Crippen molar-refractivity contribution in [3.63, 3.8) is 0 Å². The number of Topliss-reactive ketones (excluding diaryl/α,β-unsaturated/α-hetero) is 1. The highest BCUT2D eigenvalue weighted by atomic mass is 16.3. The van der Waals surface area contributed by atoms with Gasteiger partial charge in [0.2, 0.25) is 0 Å². The second kappa shape index (κ2) is 5.48. The number of fused-ring (bicyclic) bond motifs is 5. The number of rotatable bonds is 2. The van der Waals surface area contributed by atoms with Crippen molar-refractivity contribution in [3.05, 3.63) is 23.8 Å². The average molecular weight is 356 g/mol. The van der Waals surface area contributed by atoms with Crippen molar-refractivity contribution in [3.8, 4) is 0 Å². The second-order valence-electron chi connectivity index (χ2n) is 9.58. The summed E-state index contributed by atoms with van der Waals surface area (Å²) in [5.41, 5.74) is 0.408. The maximum Gasteiger partial charge on any atom is 0.198 e. The van der Waals surface area contributed by atoms with Crippen molar-refractivity contribution in [1.82, 2.24) is 0 Å². The average Bonchev–Trinajstić information content (AvgIpc) is 2.86. The standard InChI is InChI=1S/C22H28O4/c1-20-8-6-14(24)10-13(20)4-5-16-19(20)17(25)11-22(3)15(18(26)12-23)7-9-21(16,22)2/h6,8,10,12,15-17,19,25H,4-5,7,9,11H2,1-3H3. The Balaban J connectivity index is 1.79. The largest absolute Gasteiger partial charge is 0.393 e. The van der Waals surface area contributed by atoms with Gasteiger partial charge >= 0.3 is 0 Å². The van der Waals surface area contributed by atoms with Crippen LogP contribution in [-0.2, 0) is 14.4 Å². The first-order valence-corrected chi connectivity index (χ1v) is 9.79. The van der Waals surface area contributed by atoms with E-state index in [1.165, 1.54) is 0 Å². The number of aldehydes is 1. The monoisotopic (exact) mass is 356 g/mol. The lowest BCUT2D eigenvalue weighted by atomic mass is 9.42. The molecule has 0 saturated heterocycles. The van der Waals surface area contributed by atoms with Crippen LogP contribution in [0.3, 0.4) is 0 Å². The van der Waals surface area contributed by atoms with Crippen LogP contribution >= 0.6 is 0 Å². The van der Waals surface area contributed by atoms with Crippen LogP contribution in [0.4, 0.5) is 0 Å². The highest BCUT2D eigenvalue weighted by Crippen LogP contribution is 2.71. The number of ketones is 2. The number of allylic oxidation sites excluding steroid dienone is 4. The Bertz CT molecular complexity index is 749. The van der Waals surface area contributed by atoms with E-state index in [-0.39, 0.29) is 45.6 Å². The van der Waals surface area contributed by atoms with E-state index in [1.807, 2.05) is 6.08 Å². The zero-order chi connectivity index (χ0) is 18.9. The van der Waals surface area contributed by atoms with Gasteiger partial charge in [-0.1, -0.05) is 32.4 Å². The summed E-state index contributed by atoms with van der Waals surface area (Å²) in [6.45, 7) is 6.53. The molecule has 0 aromatic rings. The van der Waals surface area contributed by atoms with Gasteiger partial charge in [0.15, 0.2) is 17.9 Å². The van der Waals surface area contributed by atoms with Crippen LogP contribution in [0.2, 0.25) is 0 Å². The smallest absolute Gasteiger partial charge is 0.198 e. The highest BCUT2D eigenvalue weighted by Gasteiger charge is 2.67. The van der Waals surface area contributed by atoms with Gasteiger partial charge in [0.05, 0.1) is 6.10 Å². The zero-order valence-corrected chi connectivity index (χ0v) is 15.8. The minimum Gasteiger partial charge on any atom is -0.393 e. The van der Waals surface area contributed by atoms with Crippen LogP contribution in [0.1, 0.15) is 52.9 Å². The normalized spacial score (nSPS) is 49.7. The molecule has 7 unspecified atom stereocenters. The number of aliphatic hydroxyl groups excluding tert-OH is 1. The lowest BCUT2D eigenvalue weighted by Gasteiger charge is -2.63.